The van der Waals surface area contributed by atoms with Gasteiger partial charge in [0.05, 0.1) is 13.7 Å². The lowest BCUT2D eigenvalue weighted by Crippen LogP contribution is -2.20. The molecule has 0 aliphatic carbocycles. The topological polar surface area (TPSA) is 73.9 Å². The second kappa shape index (κ2) is 9.96. The van der Waals surface area contributed by atoms with E-state index in [2.05, 4.69) is 5.32 Å². The number of nitrogens with one attached hydrogen (secondary N) is 1. The number of carbonyl (C=O) groups is 2. The van der Waals surface area contributed by atoms with Gasteiger partial charge >= 0.3 is 5.97 Å². The van der Waals surface area contributed by atoms with Crippen molar-refractivity contribution in [2.75, 3.05) is 25.6 Å². The predicted octanol–water partition coefficient (Wildman–Crippen LogP) is 3.43. The lowest BCUT2D eigenvalue weighted by Gasteiger charge is -2.09. The third-order valence-electron chi connectivity index (χ3n) is 3.37. The Labute approximate surface area is 156 Å². The quantitative estimate of drug-likeness (QED) is 0.567. The van der Waals surface area contributed by atoms with E-state index in [1.165, 1.54) is 30.3 Å². The molecule has 6 nitrogen and oxygen atoms in total. The summed E-state index contributed by atoms with van der Waals surface area (Å²) >= 11 is 0. The smallest absolute Gasteiger partial charge is 0.331 e. The Balaban J connectivity index is 1.86. The van der Waals surface area contributed by atoms with Crippen molar-refractivity contribution >= 4 is 23.6 Å². The van der Waals surface area contributed by atoms with Crippen LogP contribution in [0.1, 0.15) is 12.5 Å². The summed E-state index contributed by atoms with van der Waals surface area (Å²) in [6.45, 7) is 1.89. The number of rotatable bonds is 8. The molecule has 142 valence electrons. The first-order valence-corrected chi connectivity index (χ1v) is 8.23. The van der Waals surface area contributed by atoms with Crippen LogP contribution >= 0.6 is 0 Å². The number of ether oxygens (including phenoxy) is 3. The van der Waals surface area contributed by atoms with Crippen LogP contribution in [-0.4, -0.2) is 32.2 Å². The molecule has 0 saturated heterocycles. The van der Waals surface area contributed by atoms with Gasteiger partial charge < -0.3 is 19.5 Å². The van der Waals surface area contributed by atoms with E-state index in [0.717, 1.165) is 0 Å². The minimum Gasteiger partial charge on any atom is -0.493 e. The Morgan fingerprint density at radius 2 is 1.85 bits per heavy atom. The number of esters is 1. The molecule has 0 bridgehead atoms. The number of hydrogen-bond acceptors (Lipinski definition) is 5. The summed E-state index contributed by atoms with van der Waals surface area (Å²) in [4.78, 5) is 23.5. The van der Waals surface area contributed by atoms with Gasteiger partial charge in [-0.1, -0.05) is 6.07 Å². The van der Waals surface area contributed by atoms with E-state index in [1.54, 1.807) is 31.4 Å². The molecule has 0 unspecified atom stereocenters. The van der Waals surface area contributed by atoms with Crippen LogP contribution in [0.3, 0.4) is 0 Å². The number of hydrogen-bond donors (Lipinski definition) is 1. The molecule has 0 spiro atoms. The normalized spacial score (nSPS) is 10.5. The summed E-state index contributed by atoms with van der Waals surface area (Å²) in [6.07, 6.45) is 2.75. The summed E-state index contributed by atoms with van der Waals surface area (Å²) in [7, 11) is 1.54. The molecule has 0 radical (unpaired) electrons. The molecular formula is C20H20FNO5. The molecular weight excluding hydrogens is 353 g/mol. The van der Waals surface area contributed by atoms with Crippen LogP contribution in [0, 0.1) is 5.82 Å². The van der Waals surface area contributed by atoms with Gasteiger partial charge in [0.15, 0.2) is 18.1 Å². The highest BCUT2D eigenvalue weighted by molar-refractivity contribution is 5.94. The maximum absolute atomic E-state index is 12.8. The molecule has 2 aromatic carbocycles. The Hall–Kier alpha value is -3.35. The molecule has 2 aromatic rings. The van der Waals surface area contributed by atoms with Gasteiger partial charge in [-0.3, -0.25) is 4.79 Å². The van der Waals surface area contributed by atoms with Gasteiger partial charge in [-0.2, -0.15) is 0 Å². The zero-order valence-corrected chi connectivity index (χ0v) is 15.0. The fourth-order valence-electron chi connectivity index (χ4n) is 2.14. The predicted molar refractivity (Wildman–Crippen MR) is 99.2 cm³/mol. The van der Waals surface area contributed by atoms with E-state index in [4.69, 9.17) is 14.2 Å². The number of anilines is 1. The Bertz CT molecular complexity index is 818. The Kier molecular flexibility index (Phi) is 7.37. The number of benzene rings is 2. The number of methoxy groups -OCH3 is 1. The standard InChI is InChI=1S/C20H20FNO5/c1-3-26-18-12-14(4-10-17(18)25-2)5-11-20(24)27-13-19(23)22-16-8-6-15(21)7-9-16/h4-12H,3,13H2,1-2H3,(H,22,23)/b11-5+. The Morgan fingerprint density at radius 3 is 2.52 bits per heavy atom. The lowest BCUT2D eigenvalue weighted by atomic mass is 10.2. The molecule has 27 heavy (non-hydrogen) atoms. The second-order valence-electron chi connectivity index (χ2n) is 5.34. The van der Waals surface area contributed by atoms with Crippen molar-refractivity contribution in [1.82, 2.24) is 0 Å². The van der Waals surface area contributed by atoms with Gasteiger partial charge in [0.2, 0.25) is 0 Å². The van der Waals surface area contributed by atoms with Crippen molar-refractivity contribution in [3.63, 3.8) is 0 Å². The molecule has 0 saturated carbocycles. The molecule has 0 atom stereocenters. The number of carbonyl (C=O) groups excluding carboxylic acids is 2. The van der Waals surface area contributed by atoms with Crippen LogP contribution in [-0.2, 0) is 14.3 Å². The Morgan fingerprint density at radius 1 is 1.11 bits per heavy atom. The molecule has 0 aliphatic rings. The van der Waals surface area contributed by atoms with Crippen LogP contribution in [0.2, 0.25) is 0 Å². The van der Waals surface area contributed by atoms with E-state index in [-0.39, 0.29) is 0 Å². The van der Waals surface area contributed by atoms with Crippen molar-refractivity contribution < 1.29 is 28.2 Å². The highest BCUT2D eigenvalue weighted by atomic mass is 19.1. The van der Waals surface area contributed by atoms with E-state index in [9.17, 15) is 14.0 Å². The maximum atomic E-state index is 12.8. The number of halogens is 1. The summed E-state index contributed by atoms with van der Waals surface area (Å²) in [6, 6.07) is 10.5. The monoisotopic (exact) mass is 373 g/mol. The van der Waals surface area contributed by atoms with Gasteiger partial charge in [0.1, 0.15) is 5.82 Å². The minimum atomic E-state index is -0.668. The van der Waals surface area contributed by atoms with Gasteiger partial charge in [0, 0.05) is 11.8 Å². The maximum Gasteiger partial charge on any atom is 0.331 e. The van der Waals surface area contributed by atoms with Crippen molar-refractivity contribution in [3.05, 3.63) is 59.9 Å². The molecule has 0 heterocycles. The molecule has 0 fully saturated rings. The fraction of sp³-hybridized carbons (Fsp3) is 0.200. The van der Waals surface area contributed by atoms with Crippen molar-refractivity contribution in [3.8, 4) is 11.5 Å². The highest BCUT2D eigenvalue weighted by Crippen LogP contribution is 2.28. The lowest BCUT2D eigenvalue weighted by molar-refractivity contribution is -0.142. The first kappa shape index (κ1) is 20.0. The summed E-state index contributed by atoms with van der Waals surface area (Å²) in [5.41, 5.74) is 1.13. The SMILES string of the molecule is CCOc1cc(/C=C/C(=O)OCC(=O)Nc2ccc(F)cc2)ccc1OC. The molecule has 7 heteroatoms. The van der Waals surface area contributed by atoms with Crippen LogP contribution < -0.4 is 14.8 Å². The van der Waals surface area contributed by atoms with Crippen LogP contribution in [0.15, 0.2) is 48.5 Å². The summed E-state index contributed by atoms with van der Waals surface area (Å²) in [5.74, 6) is -0.441. The molecule has 1 N–H and O–H groups in total. The zero-order valence-electron chi connectivity index (χ0n) is 15.0. The van der Waals surface area contributed by atoms with E-state index < -0.39 is 24.3 Å². The average molecular weight is 373 g/mol. The number of amides is 1. The minimum absolute atomic E-state index is 0.407. The largest absolute Gasteiger partial charge is 0.493 e. The van der Waals surface area contributed by atoms with Crippen molar-refractivity contribution in [2.45, 2.75) is 6.92 Å². The third-order valence-corrected chi connectivity index (χ3v) is 3.37. The van der Waals surface area contributed by atoms with Crippen molar-refractivity contribution in [2.24, 2.45) is 0 Å². The van der Waals surface area contributed by atoms with Gasteiger partial charge in [0.25, 0.3) is 5.91 Å². The van der Waals surface area contributed by atoms with Gasteiger partial charge in [-0.05, 0) is 55.0 Å². The second-order valence-corrected chi connectivity index (χ2v) is 5.34. The first-order chi connectivity index (χ1) is 13.0. The summed E-state index contributed by atoms with van der Waals surface area (Å²) < 4.78 is 28.3. The van der Waals surface area contributed by atoms with Gasteiger partial charge in [-0.15, -0.1) is 0 Å². The third kappa shape index (κ3) is 6.47. The van der Waals surface area contributed by atoms with Crippen LogP contribution in [0.4, 0.5) is 10.1 Å². The van der Waals surface area contributed by atoms with E-state index in [1.807, 2.05) is 6.92 Å². The first-order valence-electron chi connectivity index (χ1n) is 8.23. The zero-order chi connectivity index (χ0) is 19.6. The van der Waals surface area contributed by atoms with Crippen LogP contribution in [0.25, 0.3) is 6.08 Å². The van der Waals surface area contributed by atoms with Crippen molar-refractivity contribution in [1.29, 1.82) is 0 Å². The van der Waals surface area contributed by atoms with Crippen LogP contribution in [0.5, 0.6) is 11.5 Å². The highest BCUT2D eigenvalue weighted by Gasteiger charge is 2.07. The van der Waals surface area contributed by atoms with E-state index >= 15 is 0 Å². The molecule has 1 amide bonds. The molecule has 0 aliphatic heterocycles. The fourth-order valence-corrected chi connectivity index (χ4v) is 2.14. The van der Waals surface area contributed by atoms with E-state index in [0.29, 0.717) is 29.4 Å². The molecule has 2 rings (SSSR count). The summed E-state index contributed by atoms with van der Waals surface area (Å²) in [5, 5.41) is 2.50. The average Bonchev–Trinajstić information content (AvgIpc) is 2.67. The molecule has 0 aromatic heterocycles. The van der Waals surface area contributed by atoms with Gasteiger partial charge in [-0.25, -0.2) is 9.18 Å².